The summed E-state index contributed by atoms with van der Waals surface area (Å²) >= 11 is 0. The standard InChI is InChI=1S/C23H31F3N2O3S/c1-12(2)16-7-14(22(25)26)8-17(13(3)4)18(16)11-21(29)28-32(27,31)20-10-15(9-19(20)24)23(5,6)30/h7-9,12-13,22,30H,10-11H2,1-6H3,(H2,27,28,29,31). The molecule has 3 N–H and O–H groups in total. The number of halogens is 3. The predicted octanol–water partition coefficient (Wildman–Crippen LogP) is 5.56. The van der Waals surface area contributed by atoms with Gasteiger partial charge in [0, 0.05) is 12.0 Å². The molecule has 1 unspecified atom stereocenters. The fraction of sp³-hybridized carbons (Fsp3) is 0.522. The zero-order valence-corrected chi connectivity index (χ0v) is 20.0. The molecule has 1 aliphatic rings. The molecule has 0 bridgehead atoms. The van der Waals surface area contributed by atoms with E-state index in [-0.39, 0.29) is 40.7 Å². The van der Waals surface area contributed by atoms with E-state index in [1.807, 2.05) is 27.7 Å². The van der Waals surface area contributed by atoms with Gasteiger partial charge in [-0.2, -0.15) is 0 Å². The molecule has 1 aliphatic carbocycles. The van der Waals surface area contributed by atoms with Crippen molar-refractivity contribution in [3.05, 3.63) is 56.8 Å². The van der Waals surface area contributed by atoms with Crippen molar-refractivity contribution in [3.63, 3.8) is 0 Å². The molecule has 0 spiro atoms. The summed E-state index contributed by atoms with van der Waals surface area (Å²) in [5.74, 6) is -2.00. The number of nitrogens with zero attached hydrogens (tertiary/aromatic N) is 1. The highest BCUT2D eigenvalue weighted by Gasteiger charge is 2.31. The van der Waals surface area contributed by atoms with Gasteiger partial charge in [0.25, 0.3) is 12.3 Å². The topological polar surface area (TPSA) is 92.8 Å². The summed E-state index contributed by atoms with van der Waals surface area (Å²) in [4.78, 5) is 12.4. The number of rotatable bonds is 7. The van der Waals surface area contributed by atoms with Gasteiger partial charge in [-0.05, 0) is 66.2 Å². The first kappa shape index (κ1) is 26.3. The maximum absolute atomic E-state index is 14.4. The van der Waals surface area contributed by atoms with Gasteiger partial charge in [-0.1, -0.05) is 27.7 Å². The monoisotopic (exact) mass is 472 g/mol. The van der Waals surface area contributed by atoms with Crippen LogP contribution in [0, 0.1) is 0 Å². The summed E-state index contributed by atoms with van der Waals surface area (Å²) in [7, 11) is -3.86. The maximum atomic E-state index is 14.4. The second-order valence-corrected chi connectivity index (χ2v) is 11.0. The fourth-order valence-corrected chi connectivity index (χ4v) is 4.85. The first-order valence-corrected chi connectivity index (χ1v) is 12.0. The summed E-state index contributed by atoms with van der Waals surface area (Å²) in [5.41, 5.74) is 0.504. The third-order valence-electron chi connectivity index (χ3n) is 5.46. The van der Waals surface area contributed by atoms with Gasteiger partial charge < -0.3 is 5.11 Å². The molecule has 32 heavy (non-hydrogen) atoms. The quantitative estimate of drug-likeness (QED) is 0.544. The highest BCUT2D eigenvalue weighted by atomic mass is 32.2. The highest BCUT2D eigenvalue weighted by molar-refractivity contribution is 7.95. The van der Waals surface area contributed by atoms with Crippen molar-refractivity contribution < 1.29 is 27.3 Å². The number of carbonyl (C=O) groups excluding carboxylic acids is 1. The van der Waals surface area contributed by atoms with Gasteiger partial charge in [-0.3, -0.25) is 4.79 Å². The lowest BCUT2D eigenvalue weighted by atomic mass is 9.85. The Hall–Kier alpha value is -1.97. The average Bonchev–Trinajstić information content (AvgIpc) is 3.03. The van der Waals surface area contributed by atoms with Crippen LogP contribution >= 0.6 is 0 Å². The molecule has 1 amide bonds. The van der Waals surface area contributed by atoms with E-state index in [9.17, 15) is 27.3 Å². The molecule has 1 atom stereocenters. The lowest BCUT2D eigenvalue weighted by Gasteiger charge is -2.21. The summed E-state index contributed by atoms with van der Waals surface area (Å²) in [6, 6.07) is 2.75. The Morgan fingerprint density at radius 2 is 1.69 bits per heavy atom. The van der Waals surface area contributed by atoms with Crippen LogP contribution in [0.3, 0.4) is 0 Å². The Labute approximate surface area is 187 Å². The Kier molecular flexibility index (Phi) is 7.79. The van der Waals surface area contributed by atoms with Crippen LogP contribution < -0.4 is 5.14 Å². The first-order valence-electron chi connectivity index (χ1n) is 10.4. The number of nitrogens with two attached hydrogens (primary N) is 1. The zero-order chi connectivity index (χ0) is 24.6. The van der Waals surface area contributed by atoms with Crippen molar-refractivity contribution in [1.29, 1.82) is 0 Å². The molecule has 5 nitrogen and oxygen atoms in total. The van der Waals surface area contributed by atoms with Crippen molar-refractivity contribution >= 4 is 15.8 Å². The second-order valence-electron chi connectivity index (χ2n) is 9.19. The molecule has 1 aromatic rings. The van der Waals surface area contributed by atoms with Gasteiger partial charge in [-0.15, -0.1) is 4.36 Å². The van der Waals surface area contributed by atoms with Gasteiger partial charge in [0.2, 0.25) is 0 Å². The average molecular weight is 473 g/mol. The number of hydrogen-bond acceptors (Lipinski definition) is 3. The number of aliphatic hydroxyl groups is 1. The Morgan fingerprint density at radius 3 is 2.06 bits per heavy atom. The van der Waals surface area contributed by atoms with Crippen LogP contribution in [-0.4, -0.2) is 20.8 Å². The normalized spacial score (nSPS) is 16.8. The van der Waals surface area contributed by atoms with E-state index in [1.54, 1.807) is 0 Å². The minimum Gasteiger partial charge on any atom is -0.386 e. The molecule has 2 rings (SSSR count). The van der Waals surface area contributed by atoms with Gasteiger partial charge >= 0.3 is 0 Å². The first-order chi connectivity index (χ1) is 14.5. The summed E-state index contributed by atoms with van der Waals surface area (Å²) in [6.45, 7) is 10.2. The largest absolute Gasteiger partial charge is 0.386 e. The molecule has 9 heteroatoms. The minimum atomic E-state index is -3.86. The number of hydrogen-bond donors (Lipinski definition) is 2. The van der Waals surface area contributed by atoms with Gasteiger partial charge in [-0.25, -0.2) is 22.5 Å². The SMILES string of the molecule is CC(C)c1cc(C(F)F)cc(C(C)C)c1CC(=O)N=S(N)(=O)C1=C(F)C=C(C(C)(C)O)C1. The van der Waals surface area contributed by atoms with Crippen LogP contribution in [0.2, 0.25) is 0 Å². The Bertz CT molecular complexity index is 1060. The molecule has 0 aliphatic heterocycles. The summed E-state index contributed by atoms with van der Waals surface area (Å²) in [6.07, 6.45) is -2.09. The third kappa shape index (κ3) is 5.88. The van der Waals surface area contributed by atoms with Crippen molar-refractivity contribution in [3.8, 4) is 0 Å². The number of amides is 1. The predicted molar refractivity (Wildman–Crippen MR) is 120 cm³/mol. The molecule has 178 valence electrons. The van der Waals surface area contributed by atoms with Crippen molar-refractivity contribution in [2.24, 2.45) is 9.50 Å². The zero-order valence-electron chi connectivity index (χ0n) is 19.2. The van der Waals surface area contributed by atoms with Crippen LogP contribution in [0.4, 0.5) is 13.2 Å². The highest BCUT2D eigenvalue weighted by Crippen LogP contribution is 2.36. The number of alkyl halides is 2. The van der Waals surface area contributed by atoms with Crippen molar-refractivity contribution in [1.82, 2.24) is 0 Å². The van der Waals surface area contributed by atoms with Gasteiger partial charge in [0.1, 0.15) is 15.7 Å². The summed E-state index contributed by atoms with van der Waals surface area (Å²) in [5, 5.41) is 15.8. The van der Waals surface area contributed by atoms with Crippen LogP contribution in [0.25, 0.3) is 0 Å². The lowest BCUT2D eigenvalue weighted by Crippen LogP contribution is -2.23. The van der Waals surface area contributed by atoms with Gasteiger partial charge in [0.05, 0.1) is 16.9 Å². The van der Waals surface area contributed by atoms with Crippen LogP contribution in [0.5, 0.6) is 0 Å². The molecule has 1 aromatic carbocycles. The van der Waals surface area contributed by atoms with Crippen LogP contribution in [-0.2, 0) is 21.1 Å². The van der Waals surface area contributed by atoms with E-state index < -0.39 is 33.7 Å². The van der Waals surface area contributed by atoms with E-state index in [2.05, 4.69) is 4.36 Å². The number of allylic oxidation sites excluding steroid dienone is 3. The van der Waals surface area contributed by atoms with E-state index in [1.165, 1.54) is 26.0 Å². The maximum Gasteiger partial charge on any atom is 0.263 e. The molecule has 0 radical (unpaired) electrons. The molecule has 0 heterocycles. The smallest absolute Gasteiger partial charge is 0.263 e. The molecule has 0 aromatic heterocycles. The van der Waals surface area contributed by atoms with Crippen molar-refractivity contribution in [2.45, 2.75) is 78.2 Å². The lowest BCUT2D eigenvalue weighted by molar-refractivity contribution is -0.117. The Morgan fingerprint density at radius 1 is 1.19 bits per heavy atom. The Balaban J connectivity index is 2.46. The minimum absolute atomic E-state index is 0.128. The van der Waals surface area contributed by atoms with Crippen LogP contribution in [0.1, 0.15) is 88.5 Å². The molecular formula is C23H31F3N2O3S. The third-order valence-corrected chi connectivity index (χ3v) is 6.98. The fourth-order valence-electron chi connectivity index (χ4n) is 3.67. The van der Waals surface area contributed by atoms with E-state index in [0.29, 0.717) is 16.7 Å². The molecule has 0 fully saturated rings. The number of benzene rings is 1. The van der Waals surface area contributed by atoms with Crippen molar-refractivity contribution in [2.75, 3.05) is 0 Å². The molecule has 0 saturated carbocycles. The summed E-state index contributed by atoms with van der Waals surface area (Å²) < 4.78 is 57.7. The van der Waals surface area contributed by atoms with Crippen LogP contribution in [0.15, 0.2) is 38.9 Å². The molecular weight excluding hydrogens is 441 g/mol. The molecule has 0 saturated heterocycles. The van der Waals surface area contributed by atoms with E-state index >= 15 is 0 Å². The van der Waals surface area contributed by atoms with E-state index in [0.717, 1.165) is 6.08 Å². The second kappa shape index (κ2) is 9.49. The number of carbonyl (C=O) groups is 1. The van der Waals surface area contributed by atoms with E-state index in [4.69, 9.17) is 5.14 Å². The van der Waals surface area contributed by atoms with Gasteiger partial charge in [0.15, 0.2) is 0 Å².